The number of ketones is 1. The highest BCUT2D eigenvalue weighted by molar-refractivity contribution is 6.30. The summed E-state index contributed by atoms with van der Waals surface area (Å²) in [6.07, 6.45) is 0. The van der Waals surface area contributed by atoms with Crippen molar-refractivity contribution in [3.8, 4) is 11.3 Å². The molecule has 1 heterocycles. The molecule has 0 amide bonds. The van der Waals surface area contributed by atoms with Gasteiger partial charge in [-0.05, 0) is 36.4 Å². The predicted octanol–water partition coefficient (Wildman–Crippen LogP) is 4.83. The van der Waals surface area contributed by atoms with Crippen molar-refractivity contribution in [3.63, 3.8) is 0 Å². The Labute approximate surface area is 106 Å². The van der Waals surface area contributed by atoms with Crippen LogP contribution in [0.4, 0.5) is 0 Å². The summed E-state index contributed by atoms with van der Waals surface area (Å²) < 4.78 is 5.38. The molecule has 0 unspecified atom stereocenters. The number of hydrogen-bond acceptors (Lipinski definition) is 2. The third kappa shape index (κ3) is 3.46. The molecule has 0 saturated heterocycles. The first-order chi connectivity index (χ1) is 8.16. The van der Waals surface area contributed by atoms with Crippen LogP contribution in [0.25, 0.3) is 11.3 Å². The zero-order chi connectivity index (χ0) is 12.8. The van der Waals surface area contributed by atoms with Gasteiger partial charge in [0.25, 0.3) is 0 Å². The summed E-state index contributed by atoms with van der Waals surface area (Å²) in [6, 6.07) is 10.7. The minimum absolute atomic E-state index is 0.0739. The summed E-state index contributed by atoms with van der Waals surface area (Å²) in [5, 5.41) is 0.678. The highest BCUT2D eigenvalue weighted by Crippen LogP contribution is 2.23. The molecular weight excluding hydrogens is 236 g/mol. The van der Waals surface area contributed by atoms with Gasteiger partial charge in [-0.3, -0.25) is 4.79 Å². The lowest BCUT2D eigenvalue weighted by atomic mass is 10.2. The molecule has 0 bridgehead atoms. The predicted molar refractivity (Wildman–Crippen MR) is 70.5 cm³/mol. The Bertz CT molecular complexity index is 483. The summed E-state index contributed by atoms with van der Waals surface area (Å²) in [7, 11) is 0. The molecule has 0 N–H and O–H groups in total. The van der Waals surface area contributed by atoms with Gasteiger partial charge in [0.15, 0.2) is 11.5 Å². The van der Waals surface area contributed by atoms with Gasteiger partial charge in [0.05, 0.1) is 0 Å². The average molecular weight is 251 g/mol. The molecule has 2 rings (SSSR count). The quantitative estimate of drug-likeness (QED) is 0.715. The number of furan rings is 1. The standard InChI is InChI=1S/C12H9ClO2.C2H6/c1-8(14)11-6-7-12(15-11)9-2-4-10(13)5-3-9;1-2/h2-7H,1H3;1-2H3. The van der Waals surface area contributed by atoms with E-state index < -0.39 is 0 Å². The van der Waals surface area contributed by atoms with Gasteiger partial charge in [0.2, 0.25) is 0 Å². The first kappa shape index (κ1) is 13.5. The van der Waals surface area contributed by atoms with Crippen LogP contribution in [0.15, 0.2) is 40.8 Å². The Morgan fingerprint density at radius 3 is 2.12 bits per heavy atom. The molecule has 0 fully saturated rings. The van der Waals surface area contributed by atoms with E-state index in [0.29, 0.717) is 16.5 Å². The van der Waals surface area contributed by atoms with E-state index in [1.54, 1.807) is 24.3 Å². The minimum Gasteiger partial charge on any atom is -0.453 e. The minimum atomic E-state index is -0.0739. The molecule has 0 saturated carbocycles. The maximum absolute atomic E-state index is 11.0. The molecule has 0 atom stereocenters. The highest BCUT2D eigenvalue weighted by atomic mass is 35.5. The van der Waals surface area contributed by atoms with Crippen molar-refractivity contribution >= 4 is 17.4 Å². The van der Waals surface area contributed by atoms with Crippen LogP contribution in [-0.2, 0) is 0 Å². The number of carbonyl (C=O) groups excluding carboxylic acids is 1. The monoisotopic (exact) mass is 250 g/mol. The van der Waals surface area contributed by atoms with E-state index in [0.717, 1.165) is 5.56 Å². The molecule has 0 aliphatic rings. The van der Waals surface area contributed by atoms with E-state index in [1.807, 2.05) is 26.0 Å². The second kappa shape index (κ2) is 6.26. The summed E-state index contributed by atoms with van der Waals surface area (Å²) >= 11 is 5.77. The lowest BCUT2D eigenvalue weighted by Crippen LogP contribution is -1.85. The molecule has 2 nitrogen and oxygen atoms in total. The molecule has 0 aliphatic carbocycles. The molecule has 0 spiro atoms. The zero-order valence-corrected chi connectivity index (χ0v) is 10.9. The van der Waals surface area contributed by atoms with Crippen LogP contribution in [0.3, 0.4) is 0 Å². The van der Waals surface area contributed by atoms with E-state index in [1.165, 1.54) is 6.92 Å². The van der Waals surface area contributed by atoms with Gasteiger partial charge in [-0.1, -0.05) is 25.4 Å². The van der Waals surface area contributed by atoms with Crippen molar-refractivity contribution in [2.45, 2.75) is 20.8 Å². The van der Waals surface area contributed by atoms with Crippen LogP contribution in [-0.4, -0.2) is 5.78 Å². The van der Waals surface area contributed by atoms with Crippen LogP contribution in [0.2, 0.25) is 5.02 Å². The van der Waals surface area contributed by atoms with Gasteiger partial charge in [0, 0.05) is 17.5 Å². The normalized spacial score (nSPS) is 9.41. The number of hydrogen-bond donors (Lipinski definition) is 0. The third-order valence-corrected chi connectivity index (χ3v) is 2.33. The Balaban J connectivity index is 0.000000686. The van der Waals surface area contributed by atoms with E-state index in [2.05, 4.69) is 0 Å². The third-order valence-electron chi connectivity index (χ3n) is 2.08. The largest absolute Gasteiger partial charge is 0.453 e. The topological polar surface area (TPSA) is 30.2 Å². The lowest BCUT2D eigenvalue weighted by molar-refractivity contribution is 0.0988. The van der Waals surface area contributed by atoms with Crippen LogP contribution < -0.4 is 0 Å². The smallest absolute Gasteiger partial charge is 0.194 e. The van der Waals surface area contributed by atoms with Gasteiger partial charge in [0.1, 0.15) is 5.76 Å². The average Bonchev–Trinajstić information content (AvgIpc) is 2.82. The van der Waals surface area contributed by atoms with Gasteiger partial charge in [-0.2, -0.15) is 0 Å². The van der Waals surface area contributed by atoms with Crippen molar-refractivity contribution in [1.29, 1.82) is 0 Å². The summed E-state index contributed by atoms with van der Waals surface area (Å²) in [5.41, 5.74) is 0.909. The van der Waals surface area contributed by atoms with Crippen molar-refractivity contribution in [2.75, 3.05) is 0 Å². The summed E-state index contributed by atoms with van der Waals surface area (Å²) in [4.78, 5) is 11.0. The van der Waals surface area contributed by atoms with Crippen molar-refractivity contribution in [2.24, 2.45) is 0 Å². The fraction of sp³-hybridized carbons (Fsp3) is 0.214. The van der Waals surface area contributed by atoms with Crippen molar-refractivity contribution in [3.05, 3.63) is 47.2 Å². The summed E-state index contributed by atoms with van der Waals surface area (Å²) in [6.45, 7) is 5.48. The lowest BCUT2D eigenvalue weighted by Gasteiger charge is -1.96. The maximum atomic E-state index is 11.0. The fourth-order valence-corrected chi connectivity index (χ4v) is 1.42. The van der Waals surface area contributed by atoms with Crippen molar-refractivity contribution < 1.29 is 9.21 Å². The summed E-state index contributed by atoms with van der Waals surface area (Å²) in [5.74, 6) is 0.979. The molecule has 0 radical (unpaired) electrons. The number of carbonyl (C=O) groups is 1. The van der Waals surface area contributed by atoms with Crippen LogP contribution in [0, 0.1) is 0 Å². The number of Topliss-reactive ketones (excluding diaryl/α,β-unsaturated/α-hetero) is 1. The Morgan fingerprint density at radius 2 is 1.65 bits per heavy atom. The maximum Gasteiger partial charge on any atom is 0.194 e. The van der Waals surface area contributed by atoms with Gasteiger partial charge >= 0.3 is 0 Å². The second-order valence-corrected chi connectivity index (χ2v) is 3.66. The molecule has 1 aromatic heterocycles. The molecular formula is C14H15ClO2. The van der Waals surface area contributed by atoms with Crippen molar-refractivity contribution in [1.82, 2.24) is 0 Å². The van der Waals surface area contributed by atoms with Gasteiger partial charge in [-0.25, -0.2) is 0 Å². The Hall–Kier alpha value is -1.54. The van der Waals surface area contributed by atoms with Crippen LogP contribution in [0.5, 0.6) is 0 Å². The Morgan fingerprint density at radius 1 is 1.06 bits per heavy atom. The molecule has 0 aliphatic heterocycles. The molecule has 3 heteroatoms. The second-order valence-electron chi connectivity index (χ2n) is 3.23. The number of benzene rings is 1. The molecule has 90 valence electrons. The molecule has 2 aromatic rings. The van der Waals surface area contributed by atoms with E-state index in [9.17, 15) is 4.79 Å². The first-order valence-corrected chi connectivity index (χ1v) is 5.91. The van der Waals surface area contributed by atoms with E-state index >= 15 is 0 Å². The molecule has 17 heavy (non-hydrogen) atoms. The number of halogens is 1. The van der Waals surface area contributed by atoms with E-state index in [4.69, 9.17) is 16.0 Å². The number of rotatable bonds is 2. The van der Waals surface area contributed by atoms with E-state index in [-0.39, 0.29) is 5.78 Å². The highest BCUT2D eigenvalue weighted by Gasteiger charge is 2.07. The fourth-order valence-electron chi connectivity index (χ4n) is 1.30. The first-order valence-electron chi connectivity index (χ1n) is 5.53. The van der Waals surface area contributed by atoms with Crippen LogP contribution in [0.1, 0.15) is 31.3 Å². The zero-order valence-electron chi connectivity index (χ0n) is 10.2. The SMILES string of the molecule is CC.CC(=O)c1ccc(-c2ccc(Cl)cc2)o1. The Kier molecular flexibility index (Phi) is 4.98. The van der Waals surface area contributed by atoms with Crippen LogP contribution >= 0.6 is 11.6 Å². The van der Waals surface area contributed by atoms with Gasteiger partial charge in [-0.15, -0.1) is 0 Å². The van der Waals surface area contributed by atoms with Gasteiger partial charge < -0.3 is 4.42 Å². The molecule has 1 aromatic carbocycles.